The van der Waals surface area contributed by atoms with Crippen molar-refractivity contribution in [2.45, 2.75) is 27.2 Å². The molecule has 0 amide bonds. The Kier molecular flexibility index (Phi) is 7.95. The summed E-state index contributed by atoms with van der Waals surface area (Å²) in [6.45, 7) is 7.79. The van der Waals surface area contributed by atoms with E-state index in [1.54, 1.807) is 0 Å². The van der Waals surface area contributed by atoms with Crippen molar-refractivity contribution in [3.63, 3.8) is 0 Å². The molecule has 1 aromatic rings. The first-order chi connectivity index (χ1) is 6.74. The molecule has 0 aliphatic heterocycles. The fourth-order valence-corrected chi connectivity index (χ4v) is 1.02. The molecule has 2 nitrogen and oxygen atoms in total. The Morgan fingerprint density at radius 3 is 2.07 bits per heavy atom. The number of ether oxygens (including phenoxy) is 1. The summed E-state index contributed by atoms with van der Waals surface area (Å²) < 4.78 is 4.83. The van der Waals surface area contributed by atoms with Gasteiger partial charge in [0.15, 0.2) is 0 Å². The number of hydrogen-bond donors (Lipinski definition) is 1. The molecule has 0 fully saturated rings. The van der Waals surface area contributed by atoms with Crippen LogP contribution in [0.3, 0.4) is 0 Å². The van der Waals surface area contributed by atoms with E-state index < -0.39 is 0 Å². The molecule has 0 heterocycles. The maximum atomic E-state index is 5.53. The maximum Gasteiger partial charge on any atom is 0.0437 e. The second kappa shape index (κ2) is 8.57. The Morgan fingerprint density at radius 1 is 1.14 bits per heavy atom. The highest BCUT2D eigenvalue weighted by atomic mass is 16.5. The van der Waals surface area contributed by atoms with Crippen molar-refractivity contribution < 1.29 is 4.74 Å². The van der Waals surface area contributed by atoms with E-state index in [9.17, 15) is 0 Å². The summed E-state index contributed by atoms with van der Waals surface area (Å²) in [5.74, 6) is 0. The van der Waals surface area contributed by atoms with Gasteiger partial charge < -0.3 is 10.5 Å². The molecule has 0 unspecified atom stereocenters. The van der Waals surface area contributed by atoms with Crippen LogP contribution in [0.4, 0.5) is 5.69 Å². The molecule has 80 valence electrons. The predicted molar refractivity (Wildman–Crippen MR) is 62.4 cm³/mol. The summed E-state index contributed by atoms with van der Waals surface area (Å²) in [7, 11) is 0. The summed E-state index contributed by atoms with van der Waals surface area (Å²) in [5.41, 5.74) is 7.69. The largest absolute Gasteiger partial charge is 0.399 e. The minimum absolute atomic E-state index is 0.844. The van der Waals surface area contributed by atoms with Crippen LogP contribution in [0.15, 0.2) is 24.3 Å². The summed E-state index contributed by atoms with van der Waals surface area (Å²) in [6.07, 6.45) is 1.06. The normalized spacial score (nSPS) is 9.07. The number of aryl methyl sites for hydroxylation is 1. The fourth-order valence-electron chi connectivity index (χ4n) is 1.02. The van der Waals surface area contributed by atoms with Gasteiger partial charge in [-0.3, -0.25) is 0 Å². The number of benzene rings is 1. The highest BCUT2D eigenvalue weighted by molar-refractivity contribution is 5.40. The van der Waals surface area contributed by atoms with Gasteiger partial charge in [-0.05, 0) is 38.0 Å². The lowest BCUT2D eigenvalue weighted by Crippen LogP contribution is -1.85. The summed E-state index contributed by atoms with van der Waals surface area (Å²) in [6, 6.07) is 7.96. The van der Waals surface area contributed by atoms with Gasteiger partial charge in [0.25, 0.3) is 0 Å². The Labute approximate surface area is 87.1 Å². The van der Waals surface area contributed by atoms with E-state index in [0.29, 0.717) is 0 Å². The summed E-state index contributed by atoms with van der Waals surface area (Å²) in [5, 5.41) is 0. The molecule has 0 saturated heterocycles. The van der Waals surface area contributed by atoms with E-state index in [0.717, 1.165) is 25.3 Å². The SMILES string of the molecule is CCOCC.CCc1cccc(N)c1. The van der Waals surface area contributed by atoms with E-state index in [4.69, 9.17) is 10.5 Å². The highest BCUT2D eigenvalue weighted by Crippen LogP contribution is 2.05. The van der Waals surface area contributed by atoms with E-state index in [-0.39, 0.29) is 0 Å². The van der Waals surface area contributed by atoms with Crippen LogP contribution in [0.2, 0.25) is 0 Å². The van der Waals surface area contributed by atoms with Crippen LogP contribution >= 0.6 is 0 Å². The lowest BCUT2D eigenvalue weighted by molar-refractivity contribution is 0.162. The lowest BCUT2D eigenvalue weighted by atomic mass is 10.1. The molecule has 14 heavy (non-hydrogen) atoms. The van der Waals surface area contributed by atoms with Gasteiger partial charge >= 0.3 is 0 Å². The molecular weight excluding hydrogens is 174 g/mol. The Bertz CT molecular complexity index is 234. The molecule has 1 aromatic carbocycles. The highest BCUT2D eigenvalue weighted by Gasteiger charge is 1.86. The quantitative estimate of drug-likeness (QED) is 0.753. The number of nitrogen functional groups attached to an aromatic ring is 1. The molecule has 0 aromatic heterocycles. The van der Waals surface area contributed by atoms with Crippen molar-refractivity contribution >= 4 is 5.69 Å². The Morgan fingerprint density at radius 2 is 1.79 bits per heavy atom. The molecular formula is C12H21NO. The van der Waals surface area contributed by atoms with Crippen molar-refractivity contribution in [3.8, 4) is 0 Å². The zero-order valence-electron chi connectivity index (χ0n) is 9.42. The first kappa shape index (κ1) is 13.0. The van der Waals surface area contributed by atoms with Crippen LogP contribution in [0, 0.1) is 0 Å². The number of hydrogen-bond acceptors (Lipinski definition) is 2. The summed E-state index contributed by atoms with van der Waals surface area (Å²) in [4.78, 5) is 0. The van der Waals surface area contributed by atoms with E-state index in [1.807, 2.05) is 32.0 Å². The van der Waals surface area contributed by atoms with Gasteiger partial charge in [-0.25, -0.2) is 0 Å². The lowest BCUT2D eigenvalue weighted by Gasteiger charge is -1.95. The van der Waals surface area contributed by atoms with Crippen molar-refractivity contribution in [2.75, 3.05) is 18.9 Å². The first-order valence-corrected chi connectivity index (χ1v) is 5.16. The zero-order chi connectivity index (χ0) is 10.8. The summed E-state index contributed by atoms with van der Waals surface area (Å²) >= 11 is 0. The third-order valence-electron chi connectivity index (χ3n) is 1.77. The minimum atomic E-state index is 0.844. The smallest absolute Gasteiger partial charge is 0.0437 e. The third-order valence-corrected chi connectivity index (χ3v) is 1.77. The maximum absolute atomic E-state index is 5.53. The van der Waals surface area contributed by atoms with Crippen LogP contribution in [0.1, 0.15) is 26.3 Å². The van der Waals surface area contributed by atoms with Gasteiger partial charge in [-0.15, -0.1) is 0 Å². The molecule has 2 heteroatoms. The van der Waals surface area contributed by atoms with Crippen LogP contribution in [-0.2, 0) is 11.2 Å². The Hall–Kier alpha value is -1.02. The van der Waals surface area contributed by atoms with E-state index in [1.165, 1.54) is 5.56 Å². The molecule has 2 N–H and O–H groups in total. The molecule has 0 spiro atoms. The van der Waals surface area contributed by atoms with Crippen LogP contribution in [-0.4, -0.2) is 13.2 Å². The fraction of sp³-hybridized carbons (Fsp3) is 0.500. The average molecular weight is 195 g/mol. The zero-order valence-corrected chi connectivity index (χ0v) is 9.42. The van der Waals surface area contributed by atoms with Crippen LogP contribution < -0.4 is 5.73 Å². The molecule has 0 bridgehead atoms. The molecule has 0 atom stereocenters. The van der Waals surface area contributed by atoms with Crippen LogP contribution in [0.25, 0.3) is 0 Å². The number of nitrogens with two attached hydrogens (primary N) is 1. The minimum Gasteiger partial charge on any atom is -0.399 e. The molecule has 1 rings (SSSR count). The first-order valence-electron chi connectivity index (χ1n) is 5.16. The standard InChI is InChI=1S/C8H11N.C4H10O/c1-2-7-4-3-5-8(9)6-7;1-3-5-4-2/h3-6H,2,9H2,1H3;3-4H2,1-2H3. The van der Waals surface area contributed by atoms with Gasteiger partial charge in [-0.1, -0.05) is 19.1 Å². The van der Waals surface area contributed by atoms with Gasteiger partial charge in [0.05, 0.1) is 0 Å². The average Bonchev–Trinajstić information content (AvgIpc) is 2.20. The van der Waals surface area contributed by atoms with Crippen molar-refractivity contribution in [2.24, 2.45) is 0 Å². The van der Waals surface area contributed by atoms with Crippen molar-refractivity contribution in [1.82, 2.24) is 0 Å². The van der Waals surface area contributed by atoms with Gasteiger partial charge in [0.1, 0.15) is 0 Å². The number of anilines is 1. The second-order valence-corrected chi connectivity index (χ2v) is 2.88. The molecule has 0 radical (unpaired) electrons. The van der Waals surface area contributed by atoms with E-state index >= 15 is 0 Å². The van der Waals surface area contributed by atoms with Gasteiger partial charge in [-0.2, -0.15) is 0 Å². The molecule has 0 aliphatic rings. The monoisotopic (exact) mass is 195 g/mol. The Balaban J connectivity index is 0.000000292. The van der Waals surface area contributed by atoms with Crippen molar-refractivity contribution in [1.29, 1.82) is 0 Å². The van der Waals surface area contributed by atoms with E-state index in [2.05, 4.69) is 13.0 Å². The van der Waals surface area contributed by atoms with Crippen LogP contribution in [0.5, 0.6) is 0 Å². The van der Waals surface area contributed by atoms with Gasteiger partial charge in [0.2, 0.25) is 0 Å². The number of rotatable bonds is 3. The third kappa shape index (κ3) is 6.49. The topological polar surface area (TPSA) is 35.2 Å². The van der Waals surface area contributed by atoms with Gasteiger partial charge in [0, 0.05) is 18.9 Å². The van der Waals surface area contributed by atoms with Crippen molar-refractivity contribution in [3.05, 3.63) is 29.8 Å². The predicted octanol–water partition coefficient (Wildman–Crippen LogP) is 2.87. The molecule has 0 saturated carbocycles. The molecule has 0 aliphatic carbocycles. The second-order valence-electron chi connectivity index (χ2n) is 2.88.